The van der Waals surface area contributed by atoms with E-state index in [2.05, 4.69) is 17.2 Å². The van der Waals surface area contributed by atoms with Crippen LogP contribution in [-0.4, -0.2) is 10.9 Å². The molecule has 1 aromatic heterocycles. The fourth-order valence-corrected chi connectivity index (χ4v) is 2.66. The molecule has 20 heavy (non-hydrogen) atoms. The molecule has 0 aliphatic heterocycles. The molecule has 106 valence electrons. The lowest BCUT2D eigenvalue weighted by Crippen LogP contribution is -2.22. The van der Waals surface area contributed by atoms with Gasteiger partial charge >= 0.3 is 0 Å². The minimum atomic E-state index is 0.0423. The van der Waals surface area contributed by atoms with Crippen molar-refractivity contribution in [2.75, 3.05) is 5.73 Å². The normalized spacial score (nSPS) is 10.4. The van der Waals surface area contributed by atoms with E-state index < -0.39 is 0 Å². The number of aromatic nitrogens is 1. The van der Waals surface area contributed by atoms with Crippen LogP contribution in [-0.2, 0) is 24.2 Å². The number of carbonyl (C=O) groups is 1. The van der Waals surface area contributed by atoms with Crippen LogP contribution in [0.5, 0.6) is 0 Å². The summed E-state index contributed by atoms with van der Waals surface area (Å²) in [5.74, 6) is 0.0423. The maximum Gasteiger partial charge on any atom is 0.220 e. The number of hydrogen-bond donors (Lipinski definition) is 2. The van der Waals surface area contributed by atoms with Crippen LogP contribution in [0.1, 0.15) is 28.8 Å². The third-order valence-electron chi connectivity index (χ3n) is 2.98. The predicted molar refractivity (Wildman–Crippen MR) is 82.5 cm³/mol. The number of nitrogen functional groups attached to an aromatic ring is 1. The third kappa shape index (κ3) is 4.35. The number of aryl methyl sites for hydroxylation is 2. The van der Waals surface area contributed by atoms with Gasteiger partial charge < -0.3 is 11.1 Å². The zero-order valence-corrected chi connectivity index (χ0v) is 12.4. The van der Waals surface area contributed by atoms with E-state index in [1.807, 2.05) is 30.5 Å². The number of rotatable bonds is 6. The molecule has 0 spiro atoms. The summed E-state index contributed by atoms with van der Waals surface area (Å²) in [6.07, 6.45) is 4.03. The van der Waals surface area contributed by atoms with Crippen LogP contribution in [0.4, 0.5) is 5.69 Å². The van der Waals surface area contributed by atoms with Crippen LogP contribution in [0.25, 0.3) is 0 Å². The maximum atomic E-state index is 11.8. The molecule has 0 atom stereocenters. The number of carbonyl (C=O) groups excluding carboxylic acids is 1. The molecule has 0 fully saturated rings. The van der Waals surface area contributed by atoms with E-state index in [0.717, 1.165) is 22.7 Å². The summed E-state index contributed by atoms with van der Waals surface area (Å²) in [4.78, 5) is 17.3. The first-order valence-electron chi connectivity index (χ1n) is 6.72. The number of benzene rings is 1. The molecule has 0 aliphatic carbocycles. The van der Waals surface area contributed by atoms with Crippen molar-refractivity contribution in [2.24, 2.45) is 0 Å². The number of hydrogen-bond acceptors (Lipinski definition) is 4. The first-order chi connectivity index (χ1) is 9.67. The van der Waals surface area contributed by atoms with E-state index >= 15 is 0 Å². The van der Waals surface area contributed by atoms with E-state index in [1.165, 1.54) is 4.88 Å². The lowest BCUT2D eigenvalue weighted by atomic mass is 10.1. The molecule has 0 radical (unpaired) electrons. The van der Waals surface area contributed by atoms with Crippen molar-refractivity contribution in [1.29, 1.82) is 0 Å². The summed E-state index contributed by atoms with van der Waals surface area (Å²) in [5, 5.41) is 3.86. The molecule has 1 amide bonds. The molecule has 3 N–H and O–H groups in total. The Balaban J connectivity index is 1.75. The highest BCUT2D eigenvalue weighted by atomic mass is 32.1. The number of nitrogens with zero attached hydrogens (tertiary/aromatic N) is 1. The van der Waals surface area contributed by atoms with Gasteiger partial charge in [0, 0.05) is 23.2 Å². The van der Waals surface area contributed by atoms with E-state index in [0.29, 0.717) is 19.4 Å². The van der Waals surface area contributed by atoms with Gasteiger partial charge in [0.1, 0.15) is 5.01 Å². The highest BCUT2D eigenvalue weighted by Crippen LogP contribution is 2.13. The number of nitrogens with one attached hydrogen (secondary N) is 1. The topological polar surface area (TPSA) is 68.0 Å². The fraction of sp³-hybridized carbons (Fsp3) is 0.333. The molecule has 0 saturated carbocycles. The Morgan fingerprint density at radius 1 is 1.45 bits per heavy atom. The second-order valence-corrected chi connectivity index (χ2v) is 5.80. The largest absolute Gasteiger partial charge is 0.399 e. The molecule has 0 aliphatic rings. The van der Waals surface area contributed by atoms with Crippen molar-refractivity contribution in [3.05, 3.63) is 45.9 Å². The van der Waals surface area contributed by atoms with Gasteiger partial charge in [-0.25, -0.2) is 4.98 Å². The Morgan fingerprint density at radius 2 is 2.30 bits per heavy atom. The fourth-order valence-electron chi connectivity index (χ4n) is 1.86. The quantitative estimate of drug-likeness (QED) is 0.803. The molecular weight excluding hydrogens is 270 g/mol. The highest BCUT2D eigenvalue weighted by molar-refractivity contribution is 7.11. The summed E-state index contributed by atoms with van der Waals surface area (Å²) in [7, 11) is 0. The van der Waals surface area contributed by atoms with Crippen LogP contribution < -0.4 is 11.1 Å². The Morgan fingerprint density at radius 3 is 3.00 bits per heavy atom. The van der Waals surface area contributed by atoms with Gasteiger partial charge in [0.25, 0.3) is 0 Å². The Kier molecular flexibility index (Phi) is 5.12. The van der Waals surface area contributed by atoms with Crippen LogP contribution in [0.3, 0.4) is 0 Å². The van der Waals surface area contributed by atoms with E-state index in [9.17, 15) is 4.79 Å². The minimum Gasteiger partial charge on any atom is -0.399 e. The number of anilines is 1. The van der Waals surface area contributed by atoms with Gasteiger partial charge in [-0.3, -0.25) is 4.79 Å². The Bertz CT molecular complexity index is 580. The number of amides is 1. The molecule has 5 heteroatoms. The van der Waals surface area contributed by atoms with Crippen molar-refractivity contribution in [2.45, 2.75) is 32.7 Å². The monoisotopic (exact) mass is 289 g/mol. The Hall–Kier alpha value is -1.88. The molecule has 2 aromatic rings. The van der Waals surface area contributed by atoms with E-state index in [1.54, 1.807) is 11.3 Å². The first-order valence-corrected chi connectivity index (χ1v) is 7.53. The molecule has 1 heterocycles. The van der Waals surface area contributed by atoms with Gasteiger partial charge in [0.05, 0.1) is 6.54 Å². The maximum absolute atomic E-state index is 11.8. The SMILES string of the molecule is CCc1cnc(CNC(=O)CCc2cccc(N)c2)s1. The van der Waals surface area contributed by atoms with Crippen molar-refractivity contribution < 1.29 is 4.79 Å². The summed E-state index contributed by atoms with van der Waals surface area (Å²) >= 11 is 1.65. The van der Waals surface area contributed by atoms with E-state index in [-0.39, 0.29) is 5.91 Å². The van der Waals surface area contributed by atoms with Gasteiger partial charge in [0.2, 0.25) is 5.91 Å². The molecular formula is C15H19N3OS. The summed E-state index contributed by atoms with van der Waals surface area (Å²) < 4.78 is 0. The van der Waals surface area contributed by atoms with Crippen molar-refractivity contribution >= 4 is 22.9 Å². The lowest BCUT2D eigenvalue weighted by Gasteiger charge is -2.04. The van der Waals surface area contributed by atoms with Crippen molar-refractivity contribution in [1.82, 2.24) is 10.3 Å². The van der Waals surface area contributed by atoms with Gasteiger partial charge in [-0.1, -0.05) is 19.1 Å². The second kappa shape index (κ2) is 7.05. The summed E-state index contributed by atoms with van der Waals surface area (Å²) in [6.45, 7) is 2.61. The van der Waals surface area contributed by atoms with Gasteiger partial charge in [-0.05, 0) is 30.5 Å². The summed E-state index contributed by atoms with van der Waals surface area (Å²) in [5.41, 5.74) is 7.53. The summed E-state index contributed by atoms with van der Waals surface area (Å²) in [6, 6.07) is 7.64. The number of nitrogens with two attached hydrogens (primary N) is 1. The van der Waals surface area contributed by atoms with Crippen LogP contribution in [0.15, 0.2) is 30.5 Å². The highest BCUT2D eigenvalue weighted by Gasteiger charge is 2.05. The van der Waals surface area contributed by atoms with E-state index in [4.69, 9.17) is 5.73 Å². The van der Waals surface area contributed by atoms with Crippen molar-refractivity contribution in [3.8, 4) is 0 Å². The van der Waals surface area contributed by atoms with Gasteiger partial charge in [-0.2, -0.15) is 0 Å². The standard InChI is InChI=1S/C15H19N3OS/c1-2-13-9-18-15(20-13)10-17-14(19)7-6-11-4-3-5-12(16)8-11/h3-5,8-9H,2,6-7,10,16H2,1H3,(H,17,19). The van der Waals surface area contributed by atoms with Gasteiger partial charge in [0.15, 0.2) is 0 Å². The van der Waals surface area contributed by atoms with Crippen molar-refractivity contribution in [3.63, 3.8) is 0 Å². The smallest absolute Gasteiger partial charge is 0.220 e. The molecule has 1 aromatic carbocycles. The molecule has 2 rings (SSSR count). The average molecular weight is 289 g/mol. The first kappa shape index (κ1) is 14.5. The third-order valence-corrected chi connectivity index (χ3v) is 4.12. The predicted octanol–water partition coefficient (Wildman–Crippen LogP) is 2.54. The molecule has 4 nitrogen and oxygen atoms in total. The lowest BCUT2D eigenvalue weighted by molar-refractivity contribution is -0.121. The number of thiazole rings is 1. The van der Waals surface area contributed by atoms with Crippen LogP contribution in [0, 0.1) is 0 Å². The molecule has 0 unspecified atom stereocenters. The second-order valence-electron chi connectivity index (χ2n) is 4.60. The van der Waals surface area contributed by atoms with Crippen LogP contribution in [0.2, 0.25) is 0 Å². The zero-order valence-electron chi connectivity index (χ0n) is 11.6. The molecule has 0 bridgehead atoms. The van der Waals surface area contributed by atoms with Gasteiger partial charge in [-0.15, -0.1) is 11.3 Å². The average Bonchev–Trinajstić information content (AvgIpc) is 2.91. The Labute approximate surface area is 123 Å². The van der Waals surface area contributed by atoms with Crippen LogP contribution >= 0.6 is 11.3 Å². The minimum absolute atomic E-state index is 0.0423. The zero-order chi connectivity index (χ0) is 14.4. The molecule has 0 saturated heterocycles.